The number of hydrogen-bond donors (Lipinski definition) is 0. The lowest BCUT2D eigenvalue weighted by Crippen LogP contribution is -1.78. The molecule has 0 aliphatic carbocycles. The Hall–Kier alpha value is -0.340. The maximum absolute atomic E-state index is 6.11. The molecule has 0 heterocycles. The van der Waals surface area contributed by atoms with Crippen LogP contribution in [0.5, 0.6) is 0 Å². The fraction of sp³-hybridized carbons (Fsp3) is 0. The summed E-state index contributed by atoms with van der Waals surface area (Å²) in [7, 11) is 0. The van der Waals surface area contributed by atoms with E-state index in [2.05, 4.69) is 0 Å². The fourth-order valence-electron chi connectivity index (χ4n) is 1.20. The van der Waals surface area contributed by atoms with Crippen LogP contribution in [0.25, 0.3) is 0 Å². The van der Waals surface area contributed by atoms with Crippen molar-refractivity contribution in [2.24, 2.45) is 0 Å². The van der Waals surface area contributed by atoms with Crippen LogP contribution >= 0.6 is 46.6 Å². The molecule has 0 aliphatic heterocycles. The minimum Gasteiger partial charge on any atom is -0.0885 e. The molecule has 0 aliphatic rings. The summed E-state index contributed by atoms with van der Waals surface area (Å²) in [5, 5.41) is 1.39. The molecular formula is C12H7Cl3S. The third-order valence-electron chi connectivity index (χ3n) is 1.97. The monoisotopic (exact) mass is 288 g/mol. The topological polar surface area (TPSA) is 0 Å². The largest absolute Gasteiger partial charge is 0.0885 e. The van der Waals surface area contributed by atoms with Gasteiger partial charge in [-0.3, -0.25) is 0 Å². The second-order valence-electron chi connectivity index (χ2n) is 3.09. The van der Waals surface area contributed by atoms with Crippen LogP contribution < -0.4 is 0 Å². The molecule has 0 atom stereocenters. The van der Waals surface area contributed by atoms with E-state index in [0.717, 1.165) is 9.79 Å². The quantitative estimate of drug-likeness (QED) is 0.630. The highest BCUT2D eigenvalue weighted by Gasteiger charge is 2.09. The molecule has 16 heavy (non-hydrogen) atoms. The van der Waals surface area contributed by atoms with Gasteiger partial charge in [-0.2, -0.15) is 0 Å². The van der Waals surface area contributed by atoms with Gasteiger partial charge in [0.2, 0.25) is 0 Å². The van der Waals surface area contributed by atoms with Crippen LogP contribution in [0.4, 0.5) is 0 Å². The lowest BCUT2D eigenvalue weighted by Gasteiger charge is -2.06. The number of benzene rings is 2. The SMILES string of the molecule is Clc1ccc(Sc2ccccc2)c(Cl)c1Cl. The summed E-state index contributed by atoms with van der Waals surface area (Å²) in [6.45, 7) is 0. The molecular weight excluding hydrogens is 283 g/mol. The van der Waals surface area contributed by atoms with Gasteiger partial charge in [0.05, 0.1) is 15.1 Å². The van der Waals surface area contributed by atoms with Crippen LogP contribution in [0.15, 0.2) is 52.3 Å². The van der Waals surface area contributed by atoms with Gasteiger partial charge in [0.15, 0.2) is 0 Å². The van der Waals surface area contributed by atoms with Crippen molar-refractivity contribution >= 4 is 46.6 Å². The first-order valence-electron chi connectivity index (χ1n) is 4.55. The van der Waals surface area contributed by atoms with Gasteiger partial charge in [-0.25, -0.2) is 0 Å². The second-order valence-corrected chi connectivity index (χ2v) is 5.37. The van der Waals surface area contributed by atoms with Crippen LogP contribution in [0, 0.1) is 0 Å². The van der Waals surface area contributed by atoms with Crippen molar-refractivity contribution in [1.29, 1.82) is 0 Å². The van der Waals surface area contributed by atoms with Crippen molar-refractivity contribution in [2.45, 2.75) is 9.79 Å². The molecule has 0 radical (unpaired) electrons. The Labute approximate surface area is 114 Å². The highest BCUT2D eigenvalue weighted by molar-refractivity contribution is 7.99. The summed E-state index contributed by atoms with van der Waals surface area (Å²) < 4.78 is 0. The van der Waals surface area contributed by atoms with E-state index in [1.54, 1.807) is 17.8 Å². The zero-order valence-corrected chi connectivity index (χ0v) is 11.2. The molecule has 0 fully saturated rings. The minimum atomic E-state index is 0.407. The van der Waals surface area contributed by atoms with E-state index in [-0.39, 0.29) is 0 Å². The van der Waals surface area contributed by atoms with E-state index in [1.807, 2.05) is 36.4 Å². The zero-order valence-electron chi connectivity index (χ0n) is 8.08. The van der Waals surface area contributed by atoms with E-state index in [9.17, 15) is 0 Å². The summed E-state index contributed by atoms with van der Waals surface area (Å²) in [6, 6.07) is 13.6. The Balaban J connectivity index is 2.33. The van der Waals surface area contributed by atoms with E-state index in [1.165, 1.54) is 0 Å². The van der Waals surface area contributed by atoms with Crippen molar-refractivity contribution in [1.82, 2.24) is 0 Å². The van der Waals surface area contributed by atoms with Crippen LogP contribution in [0.1, 0.15) is 0 Å². The van der Waals surface area contributed by atoms with E-state index >= 15 is 0 Å². The first kappa shape index (κ1) is 12.1. The maximum Gasteiger partial charge on any atom is 0.0790 e. The molecule has 0 N–H and O–H groups in total. The van der Waals surface area contributed by atoms with Crippen LogP contribution in [0.3, 0.4) is 0 Å². The normalized spacial score (nSPS) is 10.4. The third-order valence-corrected chi connectivity index (χ3v) is 4.44. The maximum atomic E-state index is 6.11. The van der Waals surface area contributed by atoms with Gasteiger partial charge >= 0.3 is 0 Å². The van der Waals surface area contributed by atoms with Crippen molar-refractivity contribution in [2.75, 3.05) is 0 Å². The zero-order chi connectivity index (χ0) is 11.5. The van der Waals surface area contributed by atoms with E-state index in [0.29, 0.717) is 15.1 Å². The fourth-order valence-corrected chi connectivity index (χ4v) is 2.78. The van der Waals surface area contributed by atoms with Crippen LogP contribution in [0.2, 0.25) is 15.1 Å². The summed E-state index contributed by atoms with van der Waals surface area (Å²) in [5.74, 6) is 0. The first-order chi connectivity index (χ1) is 7.68. The number of hydrogen-bond acceptors (Lipinski definition) is 1. The van der Waals surface area contributed by atoms with Crippen molar-refractivity contribution in [3.8, 4) is 0 Å². The molecule has 0 amide bonds. The minimum absolute atomic E-state index is 0.407. The van der Waals surface area contributed by atoms with Gasteiger partial charge in [-0.15, -0.1) is 0 Å². The van der Waals surface area contributed by atoms with Gasteiger partial charge in [0.25, 0.3) is 0 Å². The van der Waals surface area contributed by atoms with Crippen LogP contribution in [-0.2, 0) is 0 Å². The first-order valence-corrected chi connectivity index (χ1v) is 6.50. The molecule has 2 aromatic carbocycles. The average Bonchev–Trinajstić information content (AvgIpc) is 2.31. The van der Waals surface area contributed by atoms with Crippen molar-refractivity contribution < 1.29 is 0 Å². The average molecular weight is 290 g/mol. The highest BCUT2D eigenvalue weighted by atomic mass is 35.5. The predicted molar refractivity (Wildman–Crippen MR) is 72.0 cm³/mol. The van der Waals surface area contributed by atoms with Gasteiger partial charge in [0, 0.05) is 9.79 Å². The van der Waals surface area contributed by atoms with Gasteiger partial charge in [-0.05, 0) is 24.3 Å². The molecule has 0 unspecified atom stereocenters. The predicted octanol–water partition coefficient (Wildman–Crippen LogP) is 5.80. The molecule has 2 rings (SSSR count). The third kappa shape index (κ3) is 2.67. The standard InChI is InChI=1S/C12H7Cl3S/c13-9-6-7-10(12(15)11(9)14)16-8-4-2-1-3-5-8/h1-7H. The number of halogens is 3. The molecule has 0 spiro atoms. The summed E-state index contributed by atoms with van der Waals surface area (Å²) in [6.07, 6.45) is 0. The summed E-state index contributed by atoms with van der Waals surface area (Å²) in [5.41, 5.74) is 0. The van der Waals surface area contributed by atoms with Crippen LogP contribution in [-0.4, -0.2) is 0 Å². The molecule has 0 saturated heterocycles. The Morgan fingerprint density at radius 3 is 2.12 bits per heavy atom. The Kier molecular flexibility index (Phi) is 4.04. The Morgan fingerprint density at radius 1 is 0.750 bits per heavy atom. The Bertz CT molecular complexity index is 497. The van der Waals surface area contributed by atoms with Crippen molar-refractivity contribution in [3.05, 3.63) is 57.5 Å². The molecule has 0 bridgehead atoms. The number of rotatable bonds is 2. The molecule has 4 heteroatoms. The molecule has 2 aromatic rings. The molecule has 82 valence electrons. The smallest absolute Gasteiger partial charge is 0.0790 e. The van der Waals surface area contributed by atoms with Gasteiger partial charge in [0.1, 0.15) is 0 Å². The lowest BCUT2D eigenvalue weighted by atomic mass is 10.3. The Morgan fingerprint density at radius 2 is 1.44 bits per heavy atom. The van der Waals surface area contributed by atoms with E-state index in [4.69, 9.17) is 34.8 Å². The lowest BCUT2D eigenvalue weighted by molar-refractivity contribution is 1.41. The van der Waals surface area contributed by atoms with Gasteiger partial charge in [-0.1, -0.05) is 64.8 Å². The molecule has 0 aromatic heterocycles. The van der Waals surface area contributed by atoms with Crippen molar-refractivity contribution in [3.63, 3.8) is 0 Å². The van der Waals surface area contributed by atoms with E-state index < -0.39 is 0 Å². The summed E-state index contributed by atoms with van der Waals surface area (Å²) in [4.78, 5) is 2.02. The molecule has 0 saturated carbocycles. The molecule has 0 nitrogen and oxygen atoms in total. The van der Waals surface area contributed by atoms with Gasteiger partial charge < -0.3 is 0 Å². The highest BCUT2D eigenvalue weighted by Crippen LogP contribution is 2.40. The summed E-state index contributed by atoms with van der Waals surface area (Å²) >= 11 is 19.5. The second kappa shape index (κ2) is 5.33.